The molecule has 0 aliphatic carbocycles. The van der Waals surface area contributed by atoms with Crippen molar-refractivity contribution >= 4 is 19.2 Å². The van der Waals surface area contributed by atoms with Crippen LogP contribution in [-0.4, -0.2) is 37.3 Å². The molecule has 2 aromatic rings. The lowest BCUT2D eigenvalue weighted by atomic mass is 9.73. The zero-order valence-corrected chi connectivity index (χ0v) is 17.2. The fourth-order valence-corrected chi connectivity index (χ4v) is 5.83. The predicted octanol–water partition coefficient (Wildman–Crippen LogP) is 5.02. The number of benzene rings is 1. The number of hydrogen-bond acceptors (Lipinski definition) is 3. The number of rotatable bonds is 5. The van der Waals surface area contributed by atoms with Gasteiger partial charge in [-0.1, -0.05) is 24.3 Å². The zero-order valence-electron chi connectivity index (χ0n) is 16.2. The van der Waals surface area contributed by atoms with Crippen molar-refractivity contribution < 1.29 is 4.43 Å². The largest absolute Gasteiger partial charge is 0.409 e. The molecule has 0 spiro atoms. The highest BCUT2D eigenvalue weighted by Crippen LogP contribution is 2.44. The summed E-state index contributed by atoms with van der Waals surface area (Å²) < 4.78 is 6.84. The number of pyridine rings is 1. The maximum atomic E-state index is 6.84. The molecule has 2 unspecified atom stereocenters. The van der Waals surface area contributed by atoms with E-state index in [1.165, 1.54) is 30.3 Å². The Balaban J connectivity index is 1.75. The van der Waals surface area contributed by atoms with E-state index in [0.29, 0.717) is 12.0 Å². The average molecular weight is 367 g/mol. The molecule has 5 atom stereocenters. The molecule has 3 fully saturated rings. The molecule has 3 aliphatic rings. The van der Waals surface area contributed by atoms with Crippen molar-refractivity contribution in [3.63, 3.8) is 0 Å². The van der Waals surface area contributed by atoms with Crippen LogP contribution in [-0.2, 0) is 4.43 Å². The standard InChI is InChI=1S/C22H30N2OSi/c1-5-16-15-24-13-11-17(16)14-21(24)22(25-26(2,3)4)19-10-12-23-20-9-7-6-8-18(19)20/h5-10,12,16-17,21-22H,1,11,13-15H2,2-4H3/t16-,17-,21+,22?/m0/s1. The zero-order chi connectivity index (χ0) is 18.3. The highest BCUT2D eigenvalue weighted by molar-refractivity contribution is 6.69. The van der Waals surface area contributed by atoms with Crippen LogP contribution in [0.3, 0.4) is 0 Å². The summed E-state index contributed by atoms with van der Waals surface area (Å²) in [6.45, 7) is 13.3. The molecular weight excluding hydrogens is 336 g/mol. The van der Waals surface area contributed by atoms with Crippen LogP contribution in [0.1, 0.15) is 24.5 Å². The topological polar surface area (TPSA) is 25.4 Å². The quantitative estimate of drug-likeness (QED) is 0.548. The molecule has 2 bridgehead atoms. The van der Waals surface area contributed by atoms with Crippen LogP contribution in [0.5, 0.6) is 0 Å². The number of hydrogen-bond donors (Lipinski definition) is 0. The van der Waals surface area contributed by atoms with Gasteiger partial charge in [-0.2, -0.15) is 0 Å². The van der Waals surface area contributed by atoms with Crippen LogP contribution in [0.4, 0.5) is 0 Å². The van der Waals surface area contributed by atoms with Gasteiger partial charge in [0.1, 0.15) is 0 Å². The Morgan fingerprint density at radius 3 is 2.77 bits per heavy atom. The van der Waals surface area contributed by atoms with E-state index < -0.39 is 8.32 Å². The Morgan fingerprint density at radius 2 is 2.08 bits per heavy atom. The van der Waals surface area contributed by atoms with Crippen molar-refractivity contribution in [2.45, 2.75) is 44.6 Å². The third-order valence-corrected chi connectivity index (χ3v) is 6.93. The number of aromatic nitrogens is 1. The fourth-order valence-electron chi connectivity index (χ4n) is 4.79. The Kier molecular flexibility index (Phi) is 4.76. The van der Waals surface area contributed by atoms with Gasteiger partial charge in [0.05, 0.1) is 11.6 Å². The SMILES string of the molecule is C=C[C@H]1CN2CC[C@H]1C[C@@H]2C(O[Si](C)(C)C)c1ccnc2ccccc12. The molecule has 5 rings (SSSR count). The average Bonchev–Trinajstić information content (AvgIpc) is 2.65. The number of piperidine rings is 3. The highest BCUT2D eigenvalue weighted by Gasteiger charge is 2.44. The summed E-state index contributed by atoms with van der Waals surface area (Å²) in [7, 11) is -1.69. The van der Waals surface area contributed by atoms with Crippen molar-refractivity contribution in [1.82, 2.24) is 9.88 Å². The van der Waals surface area contributed by atoms with E-state index in [-0.39, 0.29) is 6.10 Å². The van der Waals surface area contributed by atoms with Crippen LogP contribution in [0, 0.1) is 11.8 Å². The van der Waals surface area contributed by atoms with Gasteiger partial charge in [0.15, 0.2) is 8.32 Å². The summed E-state index contributed by atoms with van der Waals surface area (Å²) in [5, 5.41) is 1.24. The summed E-state index contributed by atoms with van der Waals surface area (Å²) in [6, 6.07) is 11.1. The molecule has 0 amide bonds. The molecule has 3 saturated heterocycles. The third-order valence-electron chi connectivity index (χ3n) is 5.97. The molecule has 3 aliphatic heterocycles. The lowest BCUT2D eigenvalue weighted by Crippen LogP contribution is -2.56. The van der Waals surface area contributed by atoms with Crippen molar-refractivity contribution in [3.05, 3.63) is 54.7 Å². The Hall–Kier alpha value is -1.49. The maximum Gasteiger partial charge on any atom is 0.184 e. The van der Waals surface area contributed by atoms with Crippen molar-refractivity contribution in [3.8, 4) is 0 Å². The Labute approximate surface area is 158 Å². The van der Waals surface area contributed by atoms with Gasteiger partial charge in [-0.25, -0.2) is 0 Å². The minimum absolute atomic E-state index is 0.128. The van der Waals surface area contributed by atoms with Gasteiger partial charge >= 0.3 is 0 Å². The van der Waals surface area contributed by atoms with Crippen LogP contribution in [0.15, 0.2) is 49.2 Å². The normalized spacial score (nSPS) is 29.7. The maximum absolute atomic E-state index is 6.84. The molecule has 3 nitrogen and oxygen atoms in total. The number of fused-ring (bicyclic) bond motifs is 4. The summed E-state index contributed by atoms with van der Waals surface area (Å²) in [6.07, 6.45) is 6.75. The van der Waals surface area contributed by atoms with Gasteiger partial charge in [-0.05, 0) is 68.6 Å². The monoisotopic (exact) mass is 366 g/mol. The first kappa shape index (κ1) is 17.9. The van der Waals surface area contributed by atoms with Gasteiger partial charge in [0.25, 0.3) is 0 Å². The van der Waals surface area contributed by atoms with Crippen LogP contribution in [0.25, 0.3) is 10.9 Å². The van der Waals surface area contributed by atoms with E-state index in [4.69, 9.17) is 4.43 Å². The van der Waals surface area contributed by atoms with Gasteiger partial charge in [0, 0.05) is 24.2 Å². The summed E-state index contributed by atoms with van der Waals surface area (Å²) in [5.41, 5.74) is 2.37. The Bertz CT molecular complexity index is 795. The molecule has 4 heteroatoms. The molecule has 1 aromatic heterocycles. The lowest BCUT2D eigenvalue weighted by molar-refractivity contribution is -0.0381. The summed E-state index contributed by atoms with van der Waals surface area (Å²) in [5.74, 6) is 1.39. The minimum Gasteiger partial charge on any atom is -0.409 e. The Morgan fingerprint density at radius 1 is 1.27 bits per heavy atom. The predicted molar refractivity (Wildman–Crippen MR) is 111 cm³/mol. The smallest absolute Gasteiger partial charge is 0.184 e. The van der Waals surface area contributed by atoms with E-state index in [0.717, 1.165) is 18.0 Å². The highest BCUT2D eigenvalue weighted by atomic mass is 28.4. The number of para-hydroxylation sites is 1. The molecule has 138 valence electrons. The second kappa shape index (κ2) is 6.91. The molecule has 1 aromatic carbocycles. The van der Waals surface area contributed by atoms with Gasteiger partial charge in [-0.15, -0.1) is 6.58 Å². The lowest BCUT2D eigenvalue weighted by Gasteiger charge is -2.52. The molecular formula is C22H30N2OSi. The van der Waals surface area contributed by atoms with Gasteiger partial charge in [0.2, 0.25) is 0 Å². The molecule has 26 heavy (non-hydrogen) atoms. The van der Waals surface area contributed by atoms with Gasteiger partial charge in [-0.3, -0.25) is 9.88 Å². The second-order valence-electron chi connectivity index (χ2n) is 8.81. The van der Waals surface area contributed by atoms with E-state index in [1.807, 2.05) is 6.20 Å². The van der Waals surface area contributed by atoms with E-state index >= 15 is 0 Å². The van der Waals surface area contributed by atoms with Crippen molar-refractivity contribution in [1.29, 1.82) is 0 Å². The summed E-state index contributed by atoms with van der Waals surface area (Å²) >= 11 is 0. The molecule has 0 radical (unpaired) electrons. The van der Waals surface area contributed by atoms with Crippen LogP contribution < -0.4 is 0 Å². The van der Waals surface area contributed by atoms with Gasteiger partial charge < -0.3 is 4.43 Å². The summed E-state index contributed by atoms with van der Waals surface area (Å²) in [4.78, 5) is 7.23. The fraction of sp³-hybridized carbons (Fsp3) is 0.500. The molecule has 4 heterocycles. The van der Waals surface area contributed by atoms with E-state index in [9.17, 15) is 0 Å². The first-order chi connectivity index (χ1) is 12.5. The van der Waals surface area contributed by atoms with Crippen LogP contribution >= 0.6 is 0 Å². The number of nitrogens with zero attached hydrogens (tertiary/aromatic N) is 2. The van der Waals surface area contributed by atoms with Crippen LogP contribution in [0.2, 0.25) is 19.6 Å². The van der Waals surface area contributed by atoms with E-state index in [2.05, 4.69) is 72.5 Å². The molecule has 0 saturated carbocycles. The van der Waals surface area contributed by atoms with Crippen molar-refractivity contribution in [2.24, 2.45) is 11.8 Å². The first-order valence-corrected chi connectivity index (χ1v) is 13.2. The van der Waals surface area contributed by atoms with E-state index in [1.54, 1.807) is 0 Å². The second-order valence-corrected chi connectivity index (χ2v) is 13.3. The van der Waals surface area contributed by atoms with Crippen molar-refractivity contribution in [2.75, 3.05) is 13.1 Å². The first-order valence-electron chi connectivity index (χ1n) is 9.84. The minimum atomic E-state index is -1.69. The molecule has 0 N–H and O–H groups in total. The third kappa shape index (κ3) is 3.38.